The molecule has 0 unspecified atom stereocenters. The molecule has 0 aliphatic rings. The van der Waals surface area contributed by atoms with Crippen LogP contribution in [0.5, 0.6) is 6.01 Å². The number of hydrogen-bond donors (Lipinski definition) is 2. The van der Waals surface area contributed by atoms with E-state index in [4.69, 9.17) is 4.74 Å². The van der Waals surface area contributed by atoms with Crippen molar-refractivity contribution in [2.75, 3.05) is 17.4 Å². The summed E-state index contributed by atoms with van der Waals surface area (Å²) in [5.41, 5.74) is 4.92. The number of H-pyrrole nitrogens is 1. The molecule has 0 aliphatic carbocycles. The molecule has 0 fully saturated rings. The molecule has 3 aromatic rings. The third kappa shape index (κ3) is 4.16. The second-order valence-electron chi connectivity index (χ2n) is 6.70. The molecule has 0 bridgehead atoms. The Labute approximate surface area is 158 Å². The highest BCUT2D eigenvalue weighted by molar-refractivity contribution is 5.99. The molecule has 2 heterocycles. The van der Waals surface area contributed by atoms with Crippen LogP contribution in [0.15, 0.2) is 35.6 Å². The van der Waals surface area contributed by atoms with Gasteiger partial charge in [-0.1, -0.05) is 18.2 Å². The van der Waals surface area contributed by atoms with Crippen molar-refractivity contribution in [3.05, 3.63) is 36.0 Å². The summed E-state index contributed by atoms with van der Waals surface area (Å²) in [6, 6.07) is 8.77. The summed E-state index contributed by atoms with van der Waals surface area (Å²) in [5.74, 6) is 0.885. The van der Waals surface area contributed by atoms with Gasteiger partial charge in [0.15, 0.2) is 0 Å². The molecular formula is C19H25N7O. The van der Waals surface area contributed by atoms with Crippen molar-refractivity contribution in [3.63, 3.8) is 0 Å². The van der Waals surface area contributed by atoms with Crippen molar-refractivity contribution >= 4 is 29.0 Å². The van der Waals surface area contributed by atoms with Crippen LogP contribution in [0.1, 0.15) is 33.3 Å². The zero-order valence-corrected chi connectivity index (χ0v) is 16.3. The Morgan fingerprint density at radius 2 is 1.85 bits per heavy atom. The summed E-state index contributed by atoms with van der Waals surface area (Å²) in [4.78, 5) is 18.4. The Morgan fingerprint density at radius 1 is 1.11 bits per heavy atom. The smallest absolute Gasteiger partial charge is 0.322 e. The van der Waals surface area contributed by atoms with E-state index >= 15 is 0 Å². The van der Waals surface area contributed by atoms with E-state index in [2.05, 4.69) is 63.1 Å². The summed E-state index contributed by atoms with van der Waals surface area (Å²) in [6.45, 7) is 8.38. The monoisotopic (exact) mass is 367 g/mol. The van der Waals surface area contributed by atoms with Crippen molar-refractivity contribution in [1.29, 1.82) is 0 Å². The Hall–Kier alpha value is -3.16. The number of fused-ring (bicyclic) bond motifs is 1. The molecule has 0 aliphatic heterocycles. The number of para-hydroxylation sites is 1. The van der Waals surface area contributed by atoms with E-state index in [1.54, 1.807) is 6.21 Å². The molecule has 1 aromatic carbocycles. The van der Waals surface area contributed by atoms with E-state index < -0.39 is 0 Å². The van der Waals surface area contributed by atoms with Crippen LogP contribution < -0.4 is 15.1 Å². The first-order valence-electron chi connectivity index (χ1n) is 8.93. The molecule has 0 radical (unpaired) electrons. The Balaban J connectivity index is 1.85. The lowest BCUT2D eigenvalue weighted by molar-refractivity contribution is 0.377. The minimum Gasteiger partial charge on any atom is -0.467 e. The van der Waals surface area contributed by atoms with Gasteiger partial charge in [0.05, 0.1) is 13.3 Å². The van der Waals surface area contributed by atoms with Gasteiger partial charge in [0.2, 0.25) is 5.95 Å². The number of hydrogen-bond acceptors (Lipinski definition) is 7. The molecule has 2 N–H and O–H groups in total. The lowest BCUT2D eigenvalue weighted by Gasteiger charge is -2.30. The number of benzene rings is 1. The van der Waals surface area contributed by atoms with Crippen molar-refractivity contribution < 1.29 is 4.74 Å². The van der Waals surface area contributed by atoms with Crippen LogP contribution in [0.2, 0.25) is 0 Å². The van der Waals surface area contributed by atoms with Crippen molar-refractivity contribution in [1.82, 2.24) is 19.9 Å². The summed E-state index contributed by atoms with van der Waals surface area (Å²) in [5, 5.41) is 5.38. The summed E-state index contributed by atoms with van der Waals surface area (Å²) in [6.07, 6.45) is 3.64. The van der Waals surface area contributed by atoms with Gasteiger partial charge in [0, 0.05) is 34.7 Å². The minimum absolute atomic E-state index is 0.236. The number of nitrogens with zero attached hydrogens (tertiary/aromatic N) is 5. The van der Waals surface area contributed by atoms with Gasteiger partial charge >= 0.3 is 6.01 Å². The first-order valence-corrected chi connectivity index (χ1v) is 8.93. The third-order valence-corrected chi connectivity index (χ3v) is 4.12. The normalized spacial score (nSPS) is 11.7. The second-order valence-corrected chi connectivity index (χ2v) is 6.70. The third-order valence-electron chi connectivity index (χ3n) is 4.12. The topological polar surface area (TPSA) is 91.3 Å². The van der Waals surface area contributed by atoms with Crippen LogP contribution in [0.4, 0.5) is 11.9 Å². The highest BCUT2D eigenvalue weighted by atomic mass is 16.5. The van der Waals surface area contributed by atoms with Gasteiger partial charge in [-0.25, -0.2) is 5.43 Å². The molecule has 3 rings (SSSR count). The predicted molar refractivity (Wildman–Crippen MR) is 109 cm³/mol. The molecule has 0 amide bonds. The lowest BCUT2D eigenvalue weighted by Crippen LogP contribution is -2.38. The van der Waals surface area contributed by atoms with Crippen LogP contribution in [0.25, 0.3) is 10.9 Å². The Kier molecular flexibility index (Phi) is 5.54. The number of rotatable bonds is 7. The zero-order valence-electron chi connectivity index (χ0n) is 16.3. The maximum Gasteiger partial charge on any atom is 0.322 e. The van der Waals surface area contributed by atoms with Crippen molar-refractivity contribution in [3.8, 4) is 6.01 Å². The molecule has 142 valence electrons. The highest BCUT2D eigenvalue weighted by Crippen LogP contribution is 2.20. The molecule has 27 heavy (non-hydrogen) atoms. The quantitative estimate of drug-likeness (QED) is 0.491. The number of hydrazone groups is 1. The van der Waals surface area contributed by atoms with Gasteiger partial charge in [0.25, 0.3) is 5.95 Å². The van der Waals surface area contributed by atoms with E-state index in [0.717, 1.165) is 16.5 Å². The fraction of sp³-hybridized carbons (Fsp3) is 0.368. The first-order chi connectivity index (χ1) is 13.0. The SMILES string of the molecule is COc1nc(N/N=C/c2c[nH]c3ccccc23)nc(N(C(C)C)C(C)C)n1. The van der Waals surface area contributed by atoms with Crippen LogP contribution in [0.3, 0.4) is 0 Å². The van der Waals surface area contributed by atoms with Crippen LogP contribution in [-0.4, -0.2) is 45.3 Å². The fourth-order valence-corrected chi connectivity index (χ4v) is 3.02. The maximum atomic E-state index is 5.23. The molecule has 0 spiro atoms. The van der Waals surface area contributed by atoms with Gasteiger partial charge in [-0.3, -0.25) is 0 Å². The molecule has 0 saturated carbocycles. The standard InChI is InChI=1S/C19H25N7O/c1-12(2)26(13(3)4)18-22-17(23-19(24-18)27-5)25-21-11-14-10-20-16-9-7-6-8-15(14)16/h6-13,20H,1-5H3,(H,22,23,24,25)/b21-11+. The predicted octanol–water partition coefficient (Wildman–Crippen LogP) is 3.43. The van der Waals surface area contributed by atoms with E-state index in [9.17, 15) is 0 Å². The zero-order chi connectivity index (χ0) is 19.4. The van der Waals surface area contributed by atoms with Gasteiger partial charge in [-0.05, 0) is 33.8 Å². The maximum absolute atomic E-state index is 5.23. The number of methoxy groups -OCH3 is 1. The van der Waals surface area contributed by atoms with Crippen molar-refractivity contribution in [2.45, 2.75) is 39.8 Å². The fourth-order valence-electron chi connectivity index (χ4n) is 3.02. The minimum atomic E-state index is 0.236. The molecule has 2 aromatic heterocycles. The number of aromatic amines is 1. The molecule has 8 heteroatoms. The average Bonchev–Trinajstić information content (AvgIpc) is 3.04. The Morgan fingerprint density at radius 3 is 2.56 bits per heavy atom. The number of anilines is 2. The summed E-state index contributed by atoms with van der Waals surface area (Å²) in [7, 11) is 1.53. The van der Waals surface area contributed by atoms with Crippen molar-refractivity contribution in [2.24, 2.45) is 5.10 Å². The first kappa shape index (κ1) is 18.6. The van der Waals surface area contributed by atoms with E-state index in [0.29, 0.717) is 11.9 Å². The van der Waals surface area contributed by atoms with E-state index in [-0.39, 0.29) is 18.1 Å². The number of aromatic nitrogens is 4. The van der Waals surface area contributed by atoms with Gasteiger partial charge in [0.1, 0.15) is 0 Å². The van der Waals surface area contributed by atoms with Gasteiger partial charge in [-0.2, -0.15) is 20.1 Å². The van der Waals surface area contributed by atoms with Crippen LogP contribution >= 0.6 is 0 Å². The van der Waals surface area contributed by atoms with E-state index in [1.807, 2.05) is 30.5 Å². The lowest BCUT2D eigenvalue weighted by atomic mass is 10.2. The molecule has 8 nitrogen and oxygen atoms in total. The number of ether oxygens (including phenoxy) is 1. The van der Waals surface area contributed by atoms with Crippen LogP contribution in [-0.2, 0) is 0 Å². The Bertz CT molecular complexity index is 925. The largest absolute Gasteiger partial charge is 0.467 e. The molecule has 0 saturated heterocycles. The molecular weight excluding hydrogens is 342 g/mol. The second kappa shape index (κ2) is 8.03. The average molecular weight is 367 g/mol. The molecule has 0 atom stereocenters. The van der Waals surface area contributed by atoms with E-state index in [1.165, 1.54) is 7.11 Å². The van der Waals surface area contributed by atoms with Gasteiger partial charge < -0.3 is 14.6 Å². The highest BCUT2D eigenvalue weighted by Gasteiger charge is 2.19. The van der Waals surface area contributed by atoms with Crippen LogP contribution in [0, 0.1) is 0 Å². The summed E-state index contributed by atoms with van der Waals surface area (Å²) >= 11 is 0. The number of nitrogens with one attached hydrogen (secondary N) is 2. The van der Waals surface area contributed by atoms with Gasteiger partial charge in [-0.15, -0.1) is 0 Å². The summed E-state index contributed by atoms with van der Waals surface area (Å²) < 4.78 is 5.23.